The number of rotatable bonds is 5. The van der Waals surface area contributed by atoms with E-state index in [1.54, 1.807) is 0 Å². The van der Waals surface area contributed by atoms with Gasteiger partial charge in [0.15, 0.2) is 0 Å². The minimum absolute atomic E-state index is 0.168. The summed E-state index contributed by atoms with van der Waals surface area (Å²) in [4.78, 5) is 13.8. The lowest BCUT2D eigenvalue weighted by atomic mass is 10.0. The van der Waals surface area contributed by atoms with Crippen molar-refractivity contribution < 1.29 is 9.53 Å². The number of hydrogen-bond acceptors (Lipinski definition) is 3. The third-order valence-corrected chi connectivity index (χ3v) is 2.82. The smallest absolute Gasteiger partial charge is 0.323 e. The predicted octanol–water partition coefficient (Wildman–Crippen LogP) is 2.32. The monoisotopic (exact) mass is 235 g/mol. The molecule has 0 saturated heterocycles. The Morgan fingerprint density at radius 2 is 1.88 bits per heavy atom. The highest BCUT2D eigenvalue weighted by Crippen LogP contribution is 2.14. The Morgan fingerprint density at radius 1 is 1.29 bits per heavy atom. The van der Waals surface area contributed by atoms with Crippen molar-refractivity contribution in [3.05, 3.63) is 35.9 Å². The molecule has 0 saturated carbocycles. The summed E-state index contributed by atoms with van der Waals surface area (Å²) < 4.78 is 4.85. The number of likely N-dealkylation sites (N-methyl/N-ethyl adjacent to an activating group) is 1. The summed E-state index contributed by atoms with van der Waals surface area (Å²) in [5, 5.41) is 0. The maximum atomic E-state index is 11.7. The van der Waals surface area contributed by atoms with Crippen LogP contribution in [-0.2, 0) is 16.1 Å². The minimum atomic E-state index is -0.194. The van der Waals surface area contributed by atoms with Crippen LogP contribution in [0.1, 0.15) is 19.4 Å². The molecule has 0 aliphatic carbocycles. The topological polar surface area (TPSA) is 29.5 Å². The van der Waals surface area contributed by atoms with Crippen LogP contribution < -0.4 is 0 Å². The summed E-state index contributed by atoms with van der Waals surface area (Å²) >= 11 is 0. The number of benzene rings is 1. The van der Waals surface area contributed by atoms with Crippen molar-refractivity contribution in [1.29, 1.82) is 0 Å². The predicted molar refractivity (Wildman–Crippen MR) is 68.6 cm³/mol. The first-order valence-corrected chi connectivity index (χ1v) is 5.88. The Bertz CT molecular complexity index is 348. The molecular weight excluding hydrogens is 214 g/mol. The van der Waals surface area contributed by atoms with Crippen molar-refractivity contribution in [2.24, 2.45) is 5.92 Å². The third kappa shape index (κ3) is 3.86. The fraction of sp³-hybridized carbons (Fsp3) is 0.500. The van der Waals surface area contributed by atoms with Gasteiger partial charge in [-0.2, -0.15) is 0 Å². The molecule has 0 spiro atoms. The van der Waals surface area contributed by atoms with E-state index in [9.17, 15) is 4.79 Å². The van der Waals surface area contributed by atoms with Gasteiger partial charge in [0.2, 0.25) is 0 Å². The summed E-state index contributed by atoms with van der Waals surface area (Å²) in [6.45, 7) is 4.81. The van der Waals surface area contributed by atoms with E-state index < -0.39 is 0 Å². The van der Waals surface area contributed by atoms with Crippen LogP contribution in [0.2, 0.25) is 0 Å². The average Bonchev–Trinajstić information content (AvgIpc) is 2.29. The van der Waals surface area contributed by atoms with Gasteiger partial charge in [0.1, 0.15) is 6.04 Å². The molecule has 1 aromatic carbocycles. The molecule has 0 aliphatic heterocycles. The van der Waals surface area contributed by atoms with Gasteiger partial charge in [-0.15, -0.1) is 0 Å². The summed E-state index contributed by atoms with van der Waals surface area (Å²) in [6, 6.07) is 9.93. The maximum absolute atomic E-state index is 11.7. The van der Waals surface area contributed by atoms with E-state index in [1.807, 2.05) is 44.0 Å². The maximum Gasteiger partial charge on any atom is 0.323 e. The van der Waals surface area contributed by atoms with Gasteiger partial charge in [-0.3, -0.25) is 9.69 Å². The molecule has 0 unspecified atom stereocenters. The molecular formula is C14H21NO2. The number of methoxy groups -OCH3 is 1. The van der Waals surface area contributed by atoms with Gasteiger partial charge in [-0.1, -0.05) is 44.2 Å². The number of nitrogens with zero attached hydrogens (tertiary/aromatic N) is 1. The Balaban J connectivity index is 2.72. The molecule has 1 aromatic rings. The summed E-state index contributed by atoms with van der Waals surface area (Å²) in [5.41, 5.74) is 1.20. The van der Waals surface area contributed by atoms with Crippen LogP contribution in [0.5, 0.6) is 0 Å². The van der Waals surface area contributed by atoms with Gasteiger partial charge < -0.3 is 4.74 Å². The molecule has 1 rings (SSSR count). The van der Waals surface area contributed by atoms with Crippen LogP contribution >= 0.6 is 0 Å². The van der Waals surface area contributed by atoms with Crippen LogP contribution in [0.4, 0.5) is 0 Å². The average molecular weight is 235 g/mol. The summed E-state index contributed by atoms with van der Waals surface area (Å²) in [5.74, 6) is 0.0644. The summed E-state index contributed by atoms with van der Waals surface area (Å²) in [6.07, 6.45) is 0. The summed E-state index contributed by atoms with van der Waals surface area (Å²) in [7, 11) is 3.39. The molecule has 0 fully saturated rings. The van der Waals surface area contributed by atoms with E-state index in [0.29, 0.717) is 0 Å². The third-order valence-electron chi connectivity index (χ3n) is 2.82. The van der Waals surface area contributed by atoms with E-state index in [0.717, 1.165) is 6.54 Å². The van der Waals surface area contributed by atoms with Crippen LogP contribution in [0, 0.1) is 5.92 Å². The second kappa shape index (κ2) is 6.40. The molecule has 0 bridgehead atoms. The Morgan fingerprint density at radius 3 is 2.35 bits per heavy atom. The van der Waals surface area contributed by atoms with Gasteiger partial charge in [-0.05, 0) is 18.5 Å². The van der Waals surface area contributed by atoms with Gasteiger partial charge in [-0.25, -0.2) is 0 Å². The minimum Gasteiger partial charge on any atom is -0.468 e. The molecule has 0 aromatic heterocycles. The SMILES string of the molecule is COC(=O)[C@@H](C(C)C)N(C)Cc1ccccc1. The molecule has 0 heterocycles. The van der Waals surface area contributed by atoms with Crippen LogP contribution in [0.25, 0.3) is 0 Å². The molecule has 0 radical (unpaired) electrons. The Kier molecular flexibility index (Phi) is 5.16. The van der Waals surface area contributed by atoms with E-state index in [4.69, 9.17) is 4.74 Å². The first-order valence-electron chi connectivity index (χ1n) is 5.88. The lowest BCUT2D eigenvalue weighted by Crippen LogP contribution is -2.42. The zero-order valence-electron chi connectivity index (χ0n) is 11.0. The number of carbonyl (C=O) groups is 1. The number of esters is 1. The quantitative estimate of drug-likeness (QED) is 0.733. The van der Waals surface area contributed by atoms with Crippen molar-refractivity contribution >= 4 is 5.97 Å². The molecule has 0 aliphatic rings. The second-order valence-electron chi connectivity index (χ2n) is 4.61. The standard InChI is InChI=1S/C14H21NO2/c1-11(2)13(14(16)17-4)15(3)10-12-8-6-5-7-9-12/h5-9,11,13H,10H2,1-4H3/t13-/m1/s1. The van der Waals surface area contributed by atoms with E-state index >= 15 is 0 Å². The number of hydrogen-bond donors (Lipinski definition) is 0. The van der Waals surface area contributed by atoms with E-state index in [-0.39, 0.29) is 17.9 Å². The lowest BCUT2D eigenvalue weighted by Gasteiger charge is -2.28. The van der Waals surface area contributed by atoms with Crippen LogP contribution in [0.3, 0.4) is 0 Å². The Labute approximate surface area is 103 Å². The highest BCUT2D eigenvalue weighted by molar-refractivity contribution is 5.75. The highest BCUT2D eigenvalue weighted by atomic mass is 16.5. The highest BCUT2D eigenvalue weighted by Gasteiger charge is 2.27. The van der Waals surface area contributed by atoms with Gasteiger partial charge in [0.25, 0.3) is 0 Å². The molecule has 1 atom stereocenters. The van der Waals surface area contributed by atoms with Crippen LogP contribution in [0.15, 0.2) is 30.3 Å². The molecule has 3 nitrogen and oxygen atoms in total. The molecule has 94 valence electrons. The van der Waals surface area contributed by atoms with Gasteiger partial charge in [0, 0.05) is 6.54 Å². The van der Waals surface area contributed by atoms with Crippen molar-refractivity contribution in [1.82, 2.24) is 4.90 Å². The van der Waals surface area contributed by atoms with Crippen molar-refractivity contribution in [2.45, 2.75) is 26.4 Å². The van der Waals surface area contributed by atoms with Crippen molar-refractivity contribution in [3.8, 4) is 0 Å². The van der Waals surface area contributed by atoms with E-state index in [1.165, 1.54) is 12.7 Å². The first-order chi connectivity index (χ1) is 8.06. The fourth-order valence-electron chi connectivity index (χ4n) is 2.05. The number of carbonyl (C=O) groups excluding carboxylic acids is 1. The van der Waals surface area contributed by atoms with Crippen molar-refractivity contribution in [2.75, 3.05) is 14.2 Å². The lowest BCUT2D eigenvalue weighted by molar-refractivity contribution is -0.148. The molecule has 0 N–H and O–H groups in total. The molecule has 0 amide bonds. The second-order valence-corrected chi connectivity index (χ2v) is 4.61. The normalized spacial score (nSPS) is 12.8. The van der Waals surface area contributed by atoms with Crippen molar-refractivity contribution in [3.63, 3.8) is 0 Å². The zero-order valence-corrected chi connectivity index (χ0v) is 11.0. The van der Waals surface area contributed by atoms with Crippen LogP contribution in [-0.4, -0.2) is 31.1 Å². The van der Waals surface area contributed by atoms with E-state index in [2.05, 4.69) is 12.1 Å². The first kappa shape index (κ1) is 13.7. The molecule has 3 heteroatoms. The largest absolute Gasteiger partial charge is 0.468 e. The Hall–Kier alpha value is -1.35. The molecule has 17 heavy (non-hydrogen) atoms. The number of ether oxygens (including phenoxy) is 1. The van der Waals surface area contributed by atoms with Gasteiger partial charge >= 0.3 is 5.97 Å². The van der Waals surface area contributed by atoms with Gasteiger partial charge in [0.05, 0.1) is 7.11 Å². The zero-order chi connectivity index (χ0) is 12.8. The fourth-order valence-corrected chi connectivity index (χ4v) is 2.05.